The van der Waals surface area contributed by atoms with Crippen molar-refractivity contribution in [3.63, 3.8) is 0 Å². The first kappa shape index (κ1) is 7.67. The van der Waals surface area contributed by atoms with Crippen molar-refractivity contribution in [1.82, 2.24) is 5.43 Å². The molecule has 1 aliphatic carbocycles. The minimum Gasteiger partial charge on any atom is -0.272 e. The number of nitrogens with zero attached hydrogens (tertiary/aromatic N) is 1. The highest BCUT2D eigenvalue weighted by Gasteiger charge is 2.33. The smallest absolute Gasteiger partial charge is 0.254 e. The van der Waals surface area contributed by atoms with Gasteiger partial charge in [0, 0.05) is 4.48 Å². The van der Waals surface area contributed by atoms with Crippen molar-refractivity contribution in [3.8, 4) is 0 Å². The van der Waals surface area contributed by atoms with Gasteiger partial charge in [0.1, 0.15) is 11.7 Å². The van der Waals surface area contributed by atoms with Gasteiger partial charge in [-0.25, -0.2) is 9.82 Å². The van der Waals surface area contributed by atoms with Gasteiger partial charge in [-0.1, -0.05) is 15.9 Å². The molecule has 0 fully saturated rings. The molecule has 0 radical (unpaired) electrons. The monoisotopic (exact) mass is 230 g/mol. The molecule has 1 aliphatic heterocycles. The third-order valence-electron chi connectivity index (χ3n) is 1.69. The van der Waals surface area contributed by atoms with Crippen LogP contribution in [0.1, 0.15) is 0 Å². The van der Waals surface area contributed by atoms with Crippen molar-refractivity contribution in [2.45, 2.75) is 0 Å². The predicted molar refractivity (Wildman–Crippen MR) is 45.3 cm³/mol. The summed E-state index contributed by atoms with van der Waals surface area (Å²) in [6.07, 6.45) is 2.52. The SMILES string of the molecule is O=C1NN=C2C=C(F)C=C(Br)C12. The number of carbonyl (C=O) groups excluding carboxylic acids is 1. The fourth-order valence-electron chi connectivity index (χ4n) is 1.16. The lowest BCUT2D eigenvalue weighted by atomic mass is 9.99. The molecule has 2 aliphatic rings. The third kappa shape index (κ3) is 1.01. The number of amides is 1. The van der Waals surface area contributed by atoms with Crippen LogP contribution < -0.4 is 5.43 Å². The molecule has 3 nitrogen and oxygen atoms in total. The fraction of sp³-hybridized carbons (Fsp3) is 0.143. The lowest BCUT2D eigenvalue weighted by molar-refractivity contribution is -0.121. The molecule has 0 spiro atoms. The Hall–Kier alpha value is -0.970. The number of fused-ring (bicyclic) bond motifs is 1. The molecule has 0 saturated carbocycles. The van der Waals surface area contributed by atoms with E-state index in [9.17, 15) is 9.18 Å². The minimum absolute atomic E-state index is 0.225. The first-order valence-corrected chi connectivity index (χ1v) is 4.09. The molecular weight excluding hydrogens is 227 g/mol. The van der Waals surface area contributed by atoms with Gasteiger partial charge < -0.3 is 0 Å². The molecule has 2 rings (SSSR count). The van der Waals surface area contributed by atoms with Crippen molar-refractivity contribution in [3.05, 3.63) is 22.5 Å². The number of hydrogen-bond donors (Lipinski definition) is 1. The van der Waals surface area contributed by atoms with Crippen LogP contribution in [0.25, 0.3) is 0 Å². The quantitative estimate of drug-likeness (QED) is 0.669. The molecule has 1 atom stereocenters. The molecule has 62 valence electrons. The van der Waals surface area contributed by atoms with Crippen LogP contribution in [0.3, 0.4) is 0 Å². The normalized spacial score (nSPS) is 27.0. The van der Waals surface area contributed by atoms with Gasteiger partial charge in [0.2, 0.25) is 0 Å². The fourth-order valence-corrected chi connectivity index (χ4v) is 1.82. The highest BCUT2D eigenvalue weighted by atomic mass is 79.9. The summed E-state index contributed by atoms with van der Waals surface area (Å²) in [6, 6.07) is 0. The van der Waals surface area contributed by atoms with Crippen LogP contribution in [-0.2, 0) is 4.79 Å². The predicted octanol–water partition coefficient (Wildman–Crippen LogP) is 1.23. The molecule has 0 saturated heterocycles. The van der Waals surface area contributed by atoms with E-state index in [1.807, 2.05) is 0 Å². The number of allylic oxidation sites excluding steroid dienone is 3. The number of halogens is 2. The van der Waals surface area contributed by atoms with Gasteiger partial charge in [0.25, 0.3) is 5.91 Å². The molecule has 0 aromatic heterocycles. The van der Waals surface area contributed by atoms with E-state index in [0.717, 1.165) is 0 Å². The van der Waals surface area contributed by atoms with E-state index >= 15 is 0 Å². The Morgan fingerprint density at radius 2 is 2.33 bits per heavy atom. The van der Waals surface area contributed by atoms with E-state index in [-0.39, 0.29) is 5.91 Å². The Kier molecular flexibility index (Phi) is 1.61. The molecule has 5 heteroatoms. The number of nitrogens with one attached hydrogen (secondary N) is 1. The highest BCUT2D eigenvalue weighted by molar-refractivity contribution is 9.11. The highest BCUT2D eigenvalue weighted by Crippen LogP contribution is 2.29. The third-order valence-corrected chi connectivity index (χ3v) is 2.38. The molecule has 1 N–H and O–H groups in total. The summed E-state index contributed by atoms with van der Waals surface area (Å²) in [5.41, 5.74) is 2.70. The summed E-state index contributed by atoms with van der Waals surface area (Å²) in [4.78, 5) is 11.1. The van der Waals surface area contributed by atoms with E-state index in [0.29, 0.717) is 10.2 Å². The molecule has 0 aromatic rings. The molecule has 0 aromatic carbocycles. The van der Waals surface area contributed by atoms with Crippen molar-refractivity contribution in [2.24, 2.45) is 11.0 Å². The van der Waals surface area contributed by atoms with Gasteiger partial charge in [-0.3, -0.25) is 4.79 Å². The second kappa shape index (κ2) is 2.52. The number of rotatable bonds is 0. The van der Waals surface area contributed by atoms with Gasteiger partial charge >= 0.3 is 0 Å². The van der Waals surface area contributed by atoms with E-state index in [1.54, 1.807) is 0 Å². The molecule has 0 bridgehead atoms. The number of carbonyl (C=O) groups is 1. The zero-order valence-corrected chi connectivity index (χ0v) is 7.43. The Morgan fingerprint density at radius 1 is 1.58 bits per heavy atom. The Labute approximate surface area is 76.1 Å². The first-order valence-electron chi connectivity index (χ1n) is 3.30. The number of hydrogen-bond acceptors (Lipinski definition) is 2. The maximum Gasteiger partial charge on any atom is 0.254 e. The summed E-state index contributed by atoms with van der Waals surface area (Å²) in [6.45, 7) is 0. The first-order chi connectivity index (χ1) is 5.68. The minimum atomic E-state index is -0.454. The molecule has 12 heavy (non-hydrogen) atoms. The summed E-state index contributed by atoms with van der Waals surface area (Å²) >= 11 is 3.11. The number of hydrazone groups is 1. The Balaban J connectivity index is 2.46. The van der Waals surface area contributed by atoms with Crippen LogP contribution >= 0.6 is 15.9 Å². The second-order valence-corrected chi connectivity index (χ2v) is 3.42. The van der Waals surface area contributed by atoms with E-state index in [2.05, 4.69) is 26.5 Å². The summed E-state index contributed by atoms with van der Waals surface area (Å²) in [7, 11) is 0. The molecule has 1 amide bonds. The summed E-state index contributed by atoms with van der Waals surface area (Å²) < 4.78 is 13.2. The lowest BCUT2D eigenvalue weighted by Gasteiger charge is -2.10. The largest absolute Gasteiger partial charge is 0.272 e. The Morgan fingerprint density at radius 3 is 3.08 bits per heavy atom. The zero-order valence-electron chi connectivity index (χ0n) is 5.84. The standard InChI is InChI=1S/C7H4BrFN2O/c8-4-1-3(9)2-5-6(4)7(12)11-10-5/h1-2,6H,(H,11,12). The van der Waals surface area contributed by atoms with E-state index < -0.39 is 11.7 Å². The van der Waals surface area contributed by atoms with Crippen LogP contribution in [0.15, 0.2) is 27.6 Å². The Bertz CT molecular complexity index is 345. The van der Waals surface area contributed by atoms with Crippen LogP contribution in [0.5, 0.6) is 0 Å². The van der Waals surface area contributed by atoms with E-state index in [4.69, 9.17) is 0 Å². The summed E-state index contributed by atoms with van der Waals surface area (Å²) in [5, 5.41) is 3.67. The van der Waals surface area contributed by atoms with Crippen LogP contribution in [0, 0.1) is 5.92 Å². The van der Waals surface area contributed by atoms with Gasteiger partial charge in [0.05, 0.1) is 5.71 Å². The van der Waals surface area contributed by atoms with Crippen LogP contribution in [0.4, 0.5) is 4.39 Å². The second-order valence-electron chi connectivity index (χ2n) is 2.50. The van der Waals surface area contributed by atoms with Crippen molar-refractivity contribution in [2.75, 3.05) is 0 Å². The van der Waals surface area contributed by atoms with Gasteiger partial charge in [0.15, 0.2) is 0 Å². The maximum absolute atomic E-state index is 12.7. The molecule has 1 unspecified atom stereocenters. The summed E-state index contributed by atoms with van der Waals surface area (Å²) in [5.74, 6) is -1.07. The van der Waals surface area contributed by atoms with Crippen LogP contribution in [-0.4, -0.2) is 11.6 Å². The van der Waals surface area contributed by atoms with Crippen molar-refractivity contribution in [1.29, 1.82) is 0 Å². The average molecular weight is 231 g/mol. The van der Waals surface area contributed by atoms with Gasteiger partial charge in [-0.15, -0.1) is 0 Å². The zero-order chi connectivity index (χ0) is 8.72. The van der Waals surface area contributed by atoms with Crippen molar-refractivity contribution >= 4 is 27.5 Å². The topological polar surface area (TPSA) is 41.5 Å². The molecule has 1 heterocycles. The van der Waals surface area contributed by atoms with Gasteiger partial charge in [-0.05, 0) is 12.2 Å². The van der Waals surface area contributed by atoms with E-state index in [1.165, 1.54) is 12.2 Å². The van der Waals surface area contributed by atoms with Gasteiger partial charge in [-0.2, -0.15) is 5.10 Å². The maximum atomic E-state index is 12.7. The lowest BCUT2D eigenvalue weighted by Crippen LogP contribution is -2.24. The van der Waals surface area contributed by atoms with Crippen LogP contribution in [0.2, 0.25) is 0 Å². The molecular formula is C7H4BrFN2O. The van der Waals surface area contributed by atoms with Crippen molar-refractivity contribution < 1.29 is 9.18 Å². The average Bonchev–Trinajstić information content (AvgIpc) is 2.31.